The number of carbonyl (C=O) groups is 1. The summed E-state index contributed by atoms with van der Waals surface area (Å²) in [6.07, 6.45) is 22.4. The van der Waals surface area contributed by atoms with Crippen molar-refractivity contribution in [1.82, 2.24) is 0 Å². The number of esters is 1. The Morgan fingerprint density at radius 1 is 1.21 bits per heavy atom. The van der Waals surface area contributed by atoms with E-state index in [0.29, 0.717) is 18.9 Å². The highest BCUT2D eigenvalue weighted by molar-refractivity contribution is 5.89. The van der Waals surface area contributed by atoms with E-state index in [1.165, 1.54) is 22.3 Å². The average Bonchev–Trinajstić information content (AvgIpc) is 2.81. The maximum absolute atomic E-state index is 12.7. The molecule has 0 aliphatic heterocycles. The van der Waals surface area contributed by atoms with Gasteiger partial charge in [-0.15, -0.1) is 6.58 Å². The summed E-state index contributed by atoms with van der Waals surface area (Å²) < 4.78 is 5.57. The number of hydrogen-bond acceptors (Lipinski definition) is 2. The summed E-state index contributed by atoms with van der Waals surface area (Å²) in [6.45, 7) is 12.8. The Bertz CT molecular complexity index is 936. The van der Waals surface area contributed by atoms with E-state index in [9.17, 15) is 4.79 Å². The molecule has 0 fully saturated rings. The molecule has 1 aliphatic rings. The normalized spacial score (nSPS) is 20.5. The lowest BCUT2D eigenvalue weighted by Gasteiger charge is -2.19. The first-order valence-corrected chi connectivity index (χ1v) is 12.7. The smallest absolute Gasteiger partial charge is 0.334 e. The SMILES string of the molecule is C=CCCCCOC(=O)/C1=C/C(c2ccc(/C=C/C=C(\C=C/C)C(C)C)cc2)CC/C(C)=C\C1. The van der Waals surface area contributed by atoms with E-state index in [-0.39, 0.29) is 11.9 Å². The molecule has 0 radical (unpaired) electrons. The van der Waals surface area contributed by atoms with Crippen molar-refractivity contribution in [2.75, 3.05) is 6.61 Å². The van der Waals surface area contributed by atoms with Gasteiger partial charge in [0.25, 0.3) is 0 Å². The third kappa shape index (κ3) is 9.55. The Balaban J connectivity index is 2.12. The lowest BCUT2D eigenvalue weighted by atomic mass is 9.87. The number of allylic oxidation sites excluding steroid dienone is 9. The van der Waals surface area contributed by atoms with Crippen LogP contribution in [-0.2, 0) is 9.53 Å². The molecule has 0 spiro atoms. The zero-order chi connectivity index (χ0) is 24.8. The van der Waals surface area contributed by atoms with Crippen LogP contribution in [0.3, 0.4) is 0 Å². The van der Waals surface area contributed by atoms with Gasteiger partial charge in [0, 0.05) is 11.5 Å². The van der Waals surface area contributed by atoms with Crippen LogP contribution in [0.5, 0.6) is 0 Å². The summed E-state index contributed by atoms with van der Waals surface area (Å²) in [5, 5.41) is 0. The first-order chi connectivity index (χ1) is 16.4. The van der Waals surface area contributed by atoms with E-state index >= 15 is 0 Å². The molecule has 1 atom stereocenters. The Hall–Kier alpha value is -2.87. The maximum Gasteiger partial charge on any atom is 0.334 e. The molecule has 0 N–H and O–H groups in total. The number of ether oxygens (including phenoxy) is 1. The molecule has 0 saturated heterocycles. The van der Waals surface area contributed by atoms with Crippen LogP contribution < -0.4 is 0 Å². The fraction of sp³-hybridized carbons (Fsp3) is 0.406. The Labute approximate surface area is 207 Å². The number of hydrogen-bond donors (Lipinski definition) is 0. The summed E-state index contributed by atoms with van der Waals surface area (Å²) in [7, 11) is 0. The van der Waals surface area contributed by atoms with Gasteiger partial charge in [0.2, 0.25) is 0 Å². The quantitative estimate of drug-likeness (QED) is 0.143. The second kappa shape index (κ2) is 15.1. The molecule has 2 rings (SSSR count). The number of rotatable bonds is 11. The van der Waals surface area contributed by atoms with Crippen molar-refractivity contribution in [2.45, 2.75) is 72.1 Å². The van der Waals surface area contributed by atoms with Crippen LogP contribution in [0.1, 0.15) is 83.3 Å². The van der Waals surface area contributed by atoms with Crippen LogP contribution in [-0.4, -0.2) is 12.6 Å². The Morgan fingerprint density at radius 3 is 2.65 bits per heavy atom. The average molecular weight is 459 g/mol. The topological polar surface area (TPSA) is 26.3 Å². The van der Waals surface area contributed by atoms with Gasteiger partial charge in [-0.3, -0.25) is 0 Å². The molecule has 0 saturated carbocycles. The lowest BCUT2D eigenvalue weighted by Crippen LogP contribution is -2.12. The molecular weight excluding hydrogens is 416 g/mol. The third-order valence-electron chi connectivity index (χ3n) is 6.19. The molecule has 1 aromatic rings. The molecule has 2 heteroatoms. The minimum atomic E-state index is -0.178. The molecule has 0 amide bonds. The van der Waals surface area contributed by atoms with Crippen LogP contribution in [0.15, 0.2) is 90.1 Å². The Kier molecular flexibility index (Phi) is 12.2. The van der Waals surface area contributed by atoms with E-state index in [1.807, 2.05) is 6.08 Å². The van der Waals surface area contributed by atoms with Gasteiger partial charge in [0.05, 0.1) is 6.61 Å². The summed E-state index contributed by atoms with van der Waals surface area (Å²) >= 11 is 0. The van der Waals surface area contributed by atoms with Gasteiger partial charge >= 0.3 is 5.97 Å². The monoisotopic (exact) mass is 458 g/mol. The molecule has 0 bridgehead atoms. The molecule has 1 unspecified atom stereocenters. The van der Waals surface area contributed by atoms with Crippen LogP contribution in [0, 0.1) is 5.92 Å². The highest BCUT2D eigenvalue weighted by atomic mass is 16.5. The highest BCUT2D eigenvalue weighted by Gasteiger charge is 2.18. The fourth-order valence-electron chi connectivity index (χ4n) is 3.98. The molecule has 1 aliphatic carbocycles. The molecular formula is C32H42O2. The van der Waals surface area contributed by atoms with Crippen molar-refractivity contribution < 1.29 is 9.53 Å². The van der Waals surface area contributed by atoms with Crippen molar-refractivity contribution in [1.29, 1.82) is 0 Å². The van der Waals surface area contributed by atoms with Crippen molar-refractivity contribution in [3.05, 3.63) is 101 Å². The summed E-state index contributed by atoms with van der Waals surface area (Å²) in [4.78, 5) is 12.7. The van der Waals surface area contributed by atoms with Crippen LogP contribution >= 0.6 is 0 Å². The van der Waals surface area contributed by atoms with E-state index in [0.717, 1.165) is 37.7 Å². The van der Waals surface area contributed by atoms with E-state index < -0.39 is 0 Å². The zero-order valence-corrected chi connectivity index (χ0v) is 21.6. The molecule has 182 valence electrons. The van der Waals surface area contributed by atoms with Gasteiger partial charge in [0.1, 0.15) is 0 Å². The highest BCUT2D eigenvalue weighted by Crippen LogP contribution is 2.30. The van der Waals surface area contributed by atoms with Gasteiger partial charge < -0.3 is 4.74 Å². The second-order valence-electron chi connectivity index (χ2n) is 9.36. The van der Waals surface area contributed by atoms with Crippen LogP contribution in [0.2, 0.25) is 0 Å². The van der Waals surface area contributed by atoms with E-state index in [2.05, 4.69) is 101 Å². The van der Waals surface area contributed by atoms with Gasteiger partial charge in [-0.2, -0.15) is 0 Å². The molecule has 2 nitrogen and oxygen atoms in total. The van der Waals surface area contributed by atoms with Crippen molar-refractivity contribution >= 4 is 12.0 Å². The summed E-state index contributed by atoms with van der Waals surface area (Å²) in [5.41, 5.74) is 5.84. The lowest BCUT2D eigenvalue weighted by molar-refractivity contribution is -0.139. The van der Waals surface area contributed by atoms with Crippen molar-refractivity contribution in [2.24, 2.45) is 5.92 Å². The second-order valence-corrected chi connectivity index (χ2v) is 9.36. The molecule has 34 heavy (non-hydrogen) atoms. The predicted molar refractivity (Wildman–Crippen MR) is 147 cm³/mol. The van der Waals surface area contributed by atoms with Crippen LogP contribution in [0.25, 0.3) is 6.08 Å². The van der Waals surface area contributed by atoms with Gasteiger partial charge in [-0.25, -0.2) is 4.79 Å². The third-order valence-corrected chi connectivity index (χ3v) is 6.19. The summed E-state index contributed by atoms with van der Waals surface area (Å²) in [5.74, 6) is 0.537. The van der Waals surface area contributed by atoms with Crippen LogP contribution in [0.4, 0.5) is 0 Å². The largest absolute Gasteiger partial charge is 0.462 e. The number of carbonyl (C=O) groups excluding carboxylic acids is 1. The fourth-order valence-corrected chi connectivity index (χ4v) is 3.98. The Morgan fingerprint density at radius 2 is 1.97 bits per heavy atom. The standard InChI is InChI=1S/C32H42O2/c1-6-8-9-10-23-34-32(33)31-20-16-26(5)15-19-30(24-31)29-21-17-27(18-22-29)13-11-14-28(12-7-2)25(3)4/h6-7,11-14,16-18,21-22,24-25,30H,1,8-10,15,19-20,23H2,2-5H3/b12-7-,13-11+,26-16-,28-14+,31-24+. The molecule has 0 aromatic heterocycles. The van der Waals surface area contributed by atoms with E-state index in [4.69, 9.17) is 4.74 Å². The first-order valence-electron chi connectivity index (χ1n) is 12.7. The minimum Gasteiger partial charge on any atom is -0.462 e. The maximum atomic E-state index is 12.7. The first kappa shape index (κ1) is 27.4. The number of benzene rings is 1. The molecule has 0 heterocycles. The zero-order valence-electron chi connectivity index (χ0n) is 21.6. The van der Waals surface area contributed by atoms with Crippen molar-refractivity contribution in [3.63, 3.8) is 0 Å². The van der Waals surface area contributed by atoms with Crippen molar-refractivity contribution in [3.8, 4) is 0 Å². The predicted octanol–water partition coefficient (Wildman–Crippen LogP) is 8.90. The van der Waals surface area contributed by atoms with Gasteiger partial charge in [-0.1, -0.05) is 92.3 Å². The summed E-state index contributed by atoms with van der Waals surface area (Å²) in [6, 6.07) is 8.71. The van der Waals surface area contributed by atoms with E-state index in [1.54, 1.807) is 0 Å². The minimum absolute atomic E-state index is 0.178. The molecule has 1 aromatic carbocycles. The number of unbranched alkanes of at least 4 members (excludes halogenated alkanes) is 2. The van der Waals surface area contributed by atoms with Gasteiger partial charge in [0.15, 0.2) is 0 Å². The van der Waals surface area contributed by atoms with Gasteiger partial charge in [-0.05, 0) is 75.0 Å².